The normalized spacial score (nSPS) is 10.2. The molecule has 0 aliphatic heterocycles. The van der Waals surface area contributed by atoms with Crippen LogP contribution in [-0.4, -0.2) is 13.1 Å². The molecule has 0 spiro atoms. The Balaban J connectivity index is 2.14. The lowest BCUT2D eigenvalue weighted by molar-refractivity contribution is 0.0474. The van der Waals surface area contributed by atoms with Gasteiger partial charge < -0.3 is 15.2 Å². The van der Waals surface area contributed by atoms with Gasteiger partial charge in [-0.2, -0.15) is 0 Å². The molecule has 0 aliphatic carbocycles. The third-order valence-corrected chi connectivity index (χ3v) is 4.41. The Morgan fingerprint density at radius 2 is 2.21 bits per heavy atom. The molecule has 0 fully saturated rings. The lowest BCUT2D eigenvalue weighted by atomic mass is 10.1. The molecule has 6 heteroatoms. The number of hydrogen-bond acceptors (Lipinski definition) is 5. The minimum atomic E-state index is -0.491. The van der Waals surface area contributed by atoms with E-state index in [1.165, 1.54) is 18.4 Å². The first-order valence-electron chi connectivity index (χ1n) is 5.45. The van der Waals surface area contributed by atoms with E-state index in [4.69, 9.17) is 15.2 Å². The zero-order valence-electron chi connectivity index (χ0n) is 10.2. The molecule has 2 rings (SSSR count). The number of thiophene rings is 1. The van der Waals surface area contributed by atoms with Crippen LogP contribution < -0.4 is 10.5 Å². The molecule has 0 bridgehead atoms. The molecular weight excluding hydrogens is 330 g/mol. The van der Waals surface area contributed by atoms with Crippen molar-refractivity contribution < 1.29 is 14.3 Å². The van der Waals surface area contributed by atoms with Gasteiger partial charge in [0.25, 0.3) is 0 Å². The number of hydrogen-bond donors (Lipinski definition) is 1. The van der Waals surface area contributed by atoms with Crippen molar-refractivity contribution in [3.63, 3.8) is 0 Å². The maximum Gasteiger partial charge on any atom is 0.344 e. The number of esters is 1. The van der Waals surface area contributed by atoms with Gasteiger partial charge in [0, 0.05) is 10.2 Å². The number of methoxy groups -OCH3 is 1. The SMILES string of the molecule is COc1cccc(N)c1C(=O)OCc1sccc1Br. The molecule has 4 nitrogen and oxygen atoms in total. The second-order valence-corrected chi connectivity index (χ2v) is 5.55. The summed E-state index contributed by atoms with van der Waals surface area (Å²) in [6.45, 7) is 0.203. The van der Waals surface area contributed by atoms with Crippen LogP contribution in [0.15, 0.2) is 34.1 Å². The van der Waals surface area contributed by atoms with Crippen LogP contribution in [0.1, 0.15) is 15.2 Å². The van der Waals surface area contributed by atoms with Gasteiger partial charge in [0.2, 0.25) is 0 Å². The van der Waals surface area contributed by atoms with Crippen molar-refractivity contribution in [2.24, 2.45) is 0 Å². The molecule has 100 valence electrons. The topological polar surface area (TPSA) is 61.5 Å². The number of nitrogen functional groups attached to an aromatic ring is 1. The smallest absolute Gasteiger partial charge is 0.344 e. The van der Waals surface area contributed by atoms with E-state index in [9.17, 15) is 4.79 Å². The van der Waals surface area contributed by atoms with Crippen LogP contribution in [0.3, 0.4) is 0 Å². The number of ether oxygens (including phenoxy) is 2. The van der Waals surface area contributed by atoms with Crippen LogP contribution in [0.25, 0.3) is 0 Å². The van der Waals surface area contributed by atoms with Gasteiger partial charge in [0.15, 0.2) is 0 Å². The summed E-state index contributed by atoms with van der Waals surface area (Å²) in [4.78, 5) is 13.0. The van der Waals surface area contributed by atoms with Crippen molar-refractivity contribution in [2.75, 3.05) is 12.8 Å². The van der Waals surface area contributed by atoms with E-state index in [1.807, 2.05) is 11.4 Å². The zero-order valence-corrected chi connectivity index (χ0v) is 12.6. The summed E-state index contributed by atoms with van der Waals surface area (Å²) in [7, 11) is 1.49. The summed E-state index contributed by atoms with van der Waals surface area (Å²) >= 11 is 4.90. The second-order valence-electron chi connectivity index (χ2n) is 3.69. The van der Waals surface area contributed by atoms with E-state index in [0.717, 1.165) is 9.35 Å². The fourth-order valence-electron chi connectivity index (χ4n) is 1.57. The van der Waals surface area contributed by atoms with Crippen molar-refractivity contribution in [3.05, 3.63) is 44.6 Å². The molecule has 1 heterocycles. The van der Waals surface area contributed by atoms with Gasteiger partial charge in [-0.3, -0.25) is 0 Å². The third kappa shape index (κ3) is 3.08. The van der Waals surface area contributed by atoms with Gasteiger partial charge in [0.05, 0.1) is 12.0 Å². The highest BCUT2D eigenvalue weighted by Gasteiger charge is 2.17. The molecule has 1 aromatic carbocycles. The molecule has 2 aromatic rings. The van der Waals surface area contributed by atoms with Crippen LogP contribution in [0.5, 0.6) is 5.75 Å². The lowest BCUT2D eigenvalue weighted by Crippen LogP contribution is -2.09. The summed E-state index contributed by atoms with van der Waals surface area (Å²) in [5.41, 5.74) is 6.39. The first-order valence-corrected chi connectivity index (χ1v) is 7.12. The Morgan fingerprint density at radius 1 is 1.42 bits per heavy atom. The molecule has 19 heavy (non-hydrogen) atoms. The van der Waals surface area contributed by atoms with Crippen molar-refractivity contribution in [1.82, 2.24) is 0 Å². The molecule has 0 amide bonds. The van der Waals surface area contributed by atoms with Crippen molar-refractivity contribution in [3.8, 4) is 5.75 Å². The number of halogens is 1. The van der Waals surface area contributed by atoms with Crippen LogP contribution in [0, 0.1) is 0 Å². The first kappa shape index (κ1) is 13.9. The maximum atomic E-state index is 12.1. The van der Waals surface area contributed by atoms with Crippen LogP contribution in [0.4, 0.5) is 5.69 Å². The Labute approximate surface area is 123 Å². The van der Waals surface area contributed by atoms with Gasteiger partial charge >= 0.3 is 5.97 Å². The fraction of sp³-hybridized carbons (Fsp3) is 0.154. The number of rotatable bonds is 4. The zero-order chi connectivity index (χ0) is 13.8. The minimum absolute atomic E-state index is 0.203. The number of nitrogens with two attached hydrogens (primary N) is 1. The van der Waals surface area contributed by atoms with Crippen molar-refractivity contribution in [1.29, 1.82) is 0 Å². The van der Waals surface area contributed by atoms with E-state index in [2.05, 4.69) is 15.9 Å². The quantitative estimate of drug-likeness (QED) is 0.683. The molecule has 0 aliphatic rings. The number of carbonyl (C=O) groups excluding carboxylic acids is 1. The monoisotopic (exact) mass is 341 g/mol. The Kier molecular flexibility index (Phi) is 4.44. The number of carbonyl (C=O) groups is 1. The molecule has 0 unspecified atom stereocenters. The first-order chi connectivity index (χ1) is 9.13. The van der Waals surface area contributed by atoms with Gasteiger partial charge in [-0.05, 0) is 39.5 Å². The van der Waals surface area contributed by atoms with Gasteiger partial charge in [-0.1, -0.05) is 6.07 Å². The van der Waals surface area contributed by atoms with Gasteiger partial charge in [0.1, 0.15) is 17.9 Å². The average Bonchev–Trinajstić information content (AvgIpc) is 2.81. The molecule has 0 saturated heterocycles. The summed E-state index contributed by atoms with van der Waals surface area (Å²) in [5.74, 6) is -0.0782. The molecule has 0 atom stereocenters. The van der Waals surface area contributed by atoms with E-state index >= 15 is 0 Å². The highest BCUT2D eigenvalue weighted by Crippen LogP contribution is 2.27. The number of anilines is 1. The maximum absolute atomic E-state index is 12.1. The third-order valence-electron chi connectivity index (χ3n) is 2.51. The van der Waals surface area contributed by atoms with Crippen LogP contribution in [-0.2, 0) is 11.3 Å². The molecule has 1 aromatic heterocycles. The van der Waals surface area contributed by atoms with Gasteiger partial charge in [-0.15, -0.1) is 11.3 Å². The predicted octanol–water partition coefficient (Wildman–Crippen LogP) is 3.46. The highest BCUT2D eigenvalue weighted by atomic mass is 79.9. The minimum Gasteiger partial charge on any atom is -0.496 e. The lowest BCUT2D eigenvalue weighted by Gasteiger charge is -2.10. The van der Waals surface area contributed by atoms with E-state index in [0.29, 0.717) is 11.4 Å². The Morgan fingerprint density at radius 3 is 2.84 bits per heavy atom. The largest absolute Gasteiger partial charge is 0.496 e. The van der Waals surface area contributed by atoms with E-state index in [1.54, 1.807) is 18.2 Å². The molecule has 0 radical (unpaired) electrons. The van der Waals surface area contributed by atoms with Crippen LogP contribution >= 0.6 is 27.3 Å². The summed E-state index contributed by atoms with van der Waals surface area (Å²) in [6, 6.07) is 6.94. The fourth-order valence-corrected chi connectivity index (χ4v) is 2.95. The average molecular weight is 342 g/mol. The van der Waals surface area contributed by atoms with E-state index < -0.39 is 5.97 Å². The van der Waals surface area contributed by atoms with Crippen molar-refractivity contribution >= 4 is 38.9 Å². The summed E-state index contributed by atoms with van der Waals surface area (Å²) in [6.07, 6.45) is 0. The standard InChI is InChI=1S/C13H12BrNO3S/c1-17-10-4-2-3-9(15)12(10)13(16)18-7-11-8(14)5-6-19-11/h2-6H,7,15H2,1H3. The molecular formula is C13H12BrNO3S. The number of benzene rings is 1. The summed E-state index contributed by atoms with van der Waals surface area (Å²) in [5, 5.41) is 1.92. The summed E-state index contributed by atoms with van der Waals surface area (Å²) < 4.78 is 11.3. The van der Waals surface area contributed by atoms with E-state index in [-0.39, 0.29) is 12.2 Å². The predicted molar refractivity (Wildman–Crippen MR) is 78.5 cm³/mol. The Hall–Kier alpha value is -1.53. The Bertz CT molecular complexity index is 597. The molecule has 2 N–H and O–H groups in total. The van der Waals surface area contributed by atoms with Crippen molar-refractivity contribution in [2.45, 2.75) is 6.61 Å². The van der Waals surface area contributed by atoms with Crippen LogP contribution in [0.2, 0.25) is 0 Å². The highest BCUT2D eigenvalue weighted by molar-refractivity contribution is 9.10. The van der Waals surface area contributed by atoms with Gasteiger partial charge in [-0.25, -0.2) is 4.79 Å². The second kappa shape index (κ2) is 6.08. The molecule has 0 saturated carbocycles.